The second-order valence-corrected chi connectivity index (χ2v) is 4.81. The molecule has 0 unspecified atom stereocenters. The number of aromatic nitrogens is 1. The Kier molecular flexibility index (Phi) is 4.02. The fourth-order valence-electron chi connectivity index (χ4n) is 2.01. The quantitative estimate of drug-likeness (QED) is 0.801. The van der Waals surface area contributed by atoms with E-state index in [2.05, 4.69) is 4.98 Å². The van der Waals surface area contributed by atoms with Crippen LogP contribution < -0.4 is 10.2 Å². The van der Waals surface area contributed by atoms with Crippen LogP contribution in [0.15, 0.2) is 36.7 Å². The van der Waals surface area contributed by atoms with E-state index in [1.165, 1.54) is 6.20 Å². The highest BCUT2D eigenvalue weighted by atomic mass is 19.4. The van der Waals surface area contributed by atoms with Crippen LogP contribution >= 0.6 is 0 Å². The monoisotopic (exact) mass is 280 g/mol. The van der Waals surface area contributed by atoms with E-state index in [1.807, 2.05) is 32.0 Å². The molecule has 0 atom stereocenters. The van der Waals surface area contributed by atoms with E-state index in [1.54, 1.807) is 0 Å². The lowest BCUT2D eigenvalue weighted by atomic mass is 9.81. The van der Waals surface area contributed by atoms with Gasteiger partial charge in [-0.25, -0.2) is 0 Å². The van der Waals surface area contributed by atoms with E-state index < -0.39 is 12.4 Å². The first-order valence-corrected chi connectivity index (χ1v) is 6.19. The van der Waals surface area contributed by atoms with Gasteiger partial charge in [0.2, 0.25) is 0 Å². The Morgan fingerprint density at radius 3 is 2.25 bits per heavy atom. The molecule has 2 rings (SSSR count). The molecule has 0 saturated carbocycles. The van der Waals surface area contributed by atoms with Crippen molar-refractivity contribution in [3.05, 3.63) is 53.3 Å². The summed E-state index contributed by atoms with van der Waals surface area (Å²) in [5.74, 6) is 0.126. The number of halogens is 3. The average molecular weight is 280 g/mol. The van der Waals surface area contributed by atoms with Gasteiger partial charge in [0.1, 0.15) is 12.4 Å². The summed E-state index contributed by atoms with van der Waals surface area (Å²) in [6.07, 6.45) is 2.09. The highest BCUT2D eigenvalue weighted by molar-refractivity contribution is 6.73. The van der Waals surface area contributed by atoms with Gasteiger partial charge >= 0.3 is 6.98 Å². The fraction of sp³-hybridized carbons (Fsp3) is 0.214. The number of hydrogen-bond donors (Lipinski definition) is 0. The summed E-state index contributed by atoms with van der Waals surface area (Å²) < 4.78 is 43.2. The summed E-state index contributed by atoms with van der Waals surface area (Å²) in [7, 11) is 0. The Labute approximate surface area is 115 Å². The van der Waals surface area contributed by atoms with Crippen molar-refractivity contribution >= 4 is 12.4 Å². The lowest BCUT2D eigenvalue weighted by Gasteiger charge is -2.15. The summed E-state index contributed by atoms with van der Waals surface area (Å²) in [4.78, 5) is 3.57. The molecule has 1 aromatic heterocycles. The molecule has 0 radical (unpaired) electrons. The number of aryl methyl sites for hydroxylation is 2. The largest absolute Gasteiger partial charge is 0.511 e. The lowest BCUT2D eigenvalue weighted by molar-refractivity contribution is 0.305. The van der Waals surface area contributed by atoms with Crippen LogP contribution in [0.4, 0.5) is 12.9 Å². The van der Waals surface area contributed by atoms with Crippen molar-refractivity contribution in [2.45, 2.75) is 20.5 Å². The molecule has 0 saturated heterocycles. The van der Waals surface area contributed by atoms with E-state index in [4.69, 9.17) is 4.74 Å². The van der Waals surface area contributed by atoms with Crippen molar-refractivity contribution < 1.29 is 17.7 Å². The van der Waals surface area contributed by atoms with Crippen LogP contribution in [0.25, 0.3) is 0 Å². The predicted octanol–water partition coefficient (Wildman–Crippen LogP) is 3.33. The molecule has 0 spiro atoms. The number of ether oxygens (including phenoxy) is 1. The second kappa shape index (κ2) is 5.57. The number of rotatable bonds is 4. The van der Waals surface area contributed by atoms with Crippen LogP contribution in [-0.2, 0) is 6.61 Å². The minimum atomic E-state index is -5.05. The van der Waals surface area contributed by atoms with Crippen molar-refractivity contribution in [1.82, 2.24) is 4.98 Å². The number of hydrogen-bond acceptors (Lipinski definition) is 2. The third-order valence-electron chi connectivity index (χ3n) is 2.80. The van der Waals surface area contributed by atoms with Crippen LogP contribution in [0.2, 0.25) is 0 Å². The Bertz CT molecular complexity index is 593. The van der Waals surface area contributed by atoms with Crippen molar-refractivity contribution in [3.63, 3.8) is 0 Å². The zero-order chi connectivity index (χ0) is 14.8. The molecule has 6 heteroatoms. The average Bonchev–Trinajstić information content (AvgIpc) is 2.35. The molecule has 0 bridgehead atoms. The van der Waals surface area contributed by atoms with Gasteiger partial charge in [-0.3, -0.25) is 4.98 Å². The van der Waals surface area contributed by atoms with Gasteiger partial charge in [0.15, 0.2) is 0 Å². The molecule has 0 aliphatic carbocycles. The molecule has 20 heavy (non-hydrogen) atoms. The van der Waals surface area contributed by atoms with Crippen molar-refractivity contribution in [3.8, 4) is 5.75 Å². The number of benzene rings is 1. The molecule has 2 nitrogen and oxygen atoms in total. The molecule has 106 valence electrons. The molecule has 2 aromatic rings. The third kappa shape index (κ3) is 3.76. The molecule has 1 aromatic carbocycles. The van der Waals surface area contributed by atoms with Crippen LogP contribution in [-0.4, -0.2) is 12.0 Å². The van der Waals surface area contributed by atoms with Gasteiger partial charge in [-0.05, 0) is 25.5 Å². The summed E-state index contributed by atoms with van der Waals surface area (Å²) in [6.45, 7) is -0.904. The smallest absolute Gasteiger partial charge is 0.487 e. The standard InChI is InChI=1S/C14H14BF3NO/c1-10-3-11(2)5-12(4-10)9-20-14-6-13(7-19-8-14)15(16,17)18/h3-8H,9H2,1-2H3/q-1. The van der Waals surface area contributed by atoms with Crippen molar-refractivity contribution in [2.75, 3.05) is 0 Å². The summed E-state index contributed by atoms with van der Waals surface area (Å²) in [5.41, 5.74) is 2.36. The first-order chi connectivity index (χ1) is 9.34. The van der Waals surface area contributed by atoms with Gasteiger partial charge in [0.05, 0.1) is 6.20 Å². The molecule has 0 N–H and O–H groups in total. The maximum Gasteiger partial charge on any atom is 0.511 e. The zero-order valence-corrected chi connectivity index (χ0v) is 11.2. The Morgan fingerprint density at radius 2 is 1.65 bits per heavy atom. The van der Waals surface area contributed by atoms with Gasteiger partial charge < -0.3 is 17.7 Å². The summed E-state index contributed by atoms with van der Waals surface area (Å²) in [5, 5.41) is 0. The van der Waals surface area contributed by atoms with Crippen molar-refractivity contribution in [1.29, 1.82) is 0 Å². The fourth-order valence-corrected chi connectivity index (χ4v) is 2.01. The molecular weight excluding hydrogens is 266 g/mol. The van der Waals surface area contributed by atoms with Crippen LogP contribution in [0.1, 0.15) is 16.7 Å². The van der Waals surface area contributed by atoms with Gasteiger partial charge in [-0.15, -0.1) is 0 Å². The van der Waals surface area contributed by atoms with Crippen molar-refractivity contribution in [2.24, 2.45) is 0 Å². The molecule has 0 aliphatic heterocycles. The van der Waals surface area contributed by atoms with E-state index in [-0.39, 0.29) is 12.4 Å². The SMILES string of the molecule is Cc1cc(C)cc(COc2cncc([B-](F)(F)F)c2)c1. The van der Waals surface area contributed by atoms with Crippen LogP contribution in [0, 0.1) is 13.8 Å². The topological polar surface area (TPSA) is 22.1 Å². The van der Waals surface area contributed by atoms with E-state index >= 15 is 0 Å². The molecule has 0 fully saturated rings. The first kappa shape index (κ1) is 14.4. The number of pyridine rings is 1. The van der Waals surface area contributed by atoms with Crippen LogP contribution in [0.5, 0.6) is 5.75 Å². The minimum absolute atomic E-state index is 0.126. The van der Waals surface area contributed by atoms with Gasteiger partial charge in [-0.2, -0.15) is 0 Å². The molecular formula is C14H14BF3NO-. The third-order valence-corrected chi connectivity index (χ3v) is 2.80. The highest BCUT2D eigenvalue weighted by Gasteiger charge is 2.26. The molecule has 0 aliphatic rings. The first-order valence-electron chi connectivity index (χ1n) is 6.19. The Morgan fingerprint density at radius 1 is 1.00 bits per heavy atom. The molecule has 1 heterocycles. The Balaban J connectivity index is 2.11. The summed E-state index contributed by atoms with van der Waals surface area (Å²) in [6, 6.07) is 6.89. The van der Waals surface area contributed by atoms with Gasteiger partial charge in [0.25, 0.3) is 0 Å². The van der Waals surface area contributed by atoms with E-state index in [0.717, 1.165) is 29.0 Å². The summed E-state index contributed by atoms with van der Waals surface area (Å²) >= 11 is 0. The predicted molar refractivity (Wildman–Crippen MR) is 73.2 cm³/mol. The minimum Gasteiger partial charge on any atom is -0.487 e. The van der Waals surface area contributed by atoms with E-state index in [0.29, 0.717) is 0 Å². The maximum atomic E-state index is 12.6. The molecule has 0 amide bonds. The normalized spacial score (nSPS) is 11.4. The zero-order valence-electron chi connectivity index (χ0n) is 11.2. The maximum absolute atomic E-state index is 12.6. The lowest BCUT2D eigenvalue weighted by Crippen LogP contribution is -2.34. The highest BCUT2D eigenvalue weighted by Crippen LogP contribution is 2.15. The van der Waals surface area contributed by atoms with E-state index in [9.17, 15) is 12.9 Å². The van der Waals surface area contributed by atoms with Gasteiger partial charge in [0, 0.05) is 6.20 Å². The second-order valence-electron chi connectivity index (χ2n) is 4.81. The van der Waals surface area contributed by atoms with Crippen LogP contribution in [0.3, 0.4) is 0 Å². The number of nitrogens with zero attached hydrogens (tertiary/aromatic N) is 1. The van der Waals surface area contributed by atoms with Gasteiger partial charge in [-0.1, -0.05) is 34.8 Å². The Hall–Kier alpha value is -1.98.